The minimum absolute atomic E-state index is 0.0253. The first kappa shape index (κ1) is 16.2. The highest BCUT2D eigenvalue weighted by Gasteiger charge is 2.21. The summed E-state index contributed by atoms with van der Waals surface area (Å²) in [5.74, 6) is -1.17. The maximum atomic E-state index is 12.3. The molecule has 0 aliphatic heterocycles. The van der Waals surface area contributed by atoms with Gasteiger partial charge < -0.3 is 15.3 Å². The molecule has 1 rings (SSSR count). The standard InChI is InChI=1S/C15H22N2O3/c1-10(2)13(9-17(3)4)16-14(18)11-7-5-6-8-12(11)15(19)20/h5-8,10,13H,9H2,1-4H3,(H,16,18)(H,19,20). The van der Waals surface area contributed by atoms with Gasteiger partial charge in [0.15, 0.2) is 0 Å². The predicted octanol–water partition coefficient (Wildman–Crippen LogP) is 1.70. The van der Waals surface area contributed by atoms with Crippen LogP contribution >= 0.6 is 0 Å². The van der Waals surface area contributed by atoms with E-state index in [4.69, 9.17) is 5.11 Å². The lowest BCUT2D eigenvalue weighted by molar-refractivity contribution is 0.0690. The molecule has 2 N–H and O–H groups in total. The van der Waals surface area contributed by atoms with E-state index in [1.54, 1.807) is 12.1 Å². The monoisotopic (exact) mass is 278 g/mol. The number of benzene rings is 1. The fraction of sp³-hybridized carbons (Fsp3) is 0.467. The Hall–Kier alpha value is -1.88. The number of nitrogens with zero attached hydrogens (tertiary/aromatic N) is 1. The molecule has 0 aliphatic carbocycles. The summed E-state index contributed by atoms with van der Waals surface area (Å²) < 4.78 is 0. The lowest BCUT2D eigenvalue weighted by Gasteiger charge is -2.25. The maximum absolute atomic E-state index is 12.3. The minimum atomic E-state index is -1.09. The Morgan fingerprint density at radius 1 is 1.20 bits per heavy atom. The van der Waals surface area contributed by atoms with E-state index in [0.29, 0.717) is 6.54 Å². The van der Waals surface area contributed by atoms with Crippen LogP contribution in [0.25, 0.3) is 0 Å². The molecule has 0 saturated carbocycles. The van der Waals surface area contributed by atoms with Crippen LogP contribution in [0.4, 0.5) is 0 Å². The van der Waals surface area contributed by atoms with Crippen LogP contribution in [-0.2, 0) is 0 Å². The SMILES string of the molecule is CC(C)C(CN(C)C)NC(=O)c1ccccc1C(=O)O. The van der Waals surface area contributed by atoms with Crippen molar-refractivity contribution < 1.29 is 14.7 Å². The molecule has 1 unspecified atom stereocenters. The smallest absolute Gasteiger partial charge is 0.336 e. The highest BCUT2D eigenvalue weighted by molar-refractivity contribution is 6.04. The van der Waals surface area contributed by atoms with Crippen LogP contribution < -0.4 is 5.32 Å². The average molecular weight is 278 g/mol. The first-order chi connectivity index (χ1) is 9.32. The lowest BCUT2D eigenvalue weighted by Crippen LogP contribution is -2.45. The number of carboxylic acid groups (broad SMARTS) is 1. The molecule has 0 bridgehead atoms. The van der Waals surface area contributed by atoms with Crippen molar-refractivity contribution in [3.63, 3.8) is 0 Å². The predicted molar refractivity (Wildman–Crippen MR) is 78.0 cm³/mol. The second-order valence-corrected chi connectivity index (χ2v) is 5.44. The zero-order valence-corrected chi connectivity index (χ0v) is 12.4. The summed E-state index contributed by atoms with van der Waals surface area (Å²) in [6, 6.07) is 6.22. The van der Waals surface area contributed by atoms with E-state index in [2.05, 4.69) is 5.32 Å². The number of carbonyl (C=O) groups is 2. The van der Waals surface area contributed by atoms with Gasteiger partial charge in [0.1, 0.15) is 0 Å². The molecule has 0 radical (unpaired) electrons. The Morgan fingerprint density at radius 3 is 2.20 bits per heavy atom. The molecule has 20 heavy (non-hydrogen) atoms. The van der Waals surface area contributed by atoms with Crippen molar-refractivity contribution in [1.29, 1.82) is 0 Å². The third-order valence-electron chi connectivity index (χ3n) is 3.09. The second-order valence-electron chi connectivity index (χ2n) is 5.44. The van der Waals surface area contributed by atoms with Gasteiger partial charge >= 0.3 is 5.97 Å². The molecule has 1 amide bonds. The number of amides is 1. The number of rotatable bonds is 6. The zero-order valence-electron chi connectivity index (χ0n) is 12.4. The van der Waals surface area contributed by atoms with Crippen LogP contribution in [0.1, 0.15) is 34.6 Å². The highest BCUT2D eigenvalue weighted by atomic mass is 16.4. The van der Waals surface area contributed by atoms with Crippen molar-refractivity contribution in [1.82, 2.24) is 10.2 Å². The molecule has 0 aliphatic rings. The van der Waals surface area contributed by atoms with Gasteiger partial charge in [0.25, 0.3) is 5.91 Å². The zero-order chi connectivity index (χ0) is 15.3. The summed E-state index contributed by atoms with van der Waals surface area (Å²) in [5.41, 5.74) is 0.224. The Morgan fingerprint density at radius 2 is 1.75 bits per heavy atom. The van der Waals surface area contributed by atoms with Crippen LogP contribution in [0.3, 0.4) is 0 Å². The van der Waals surface area contributed by atoms with E-state index in [9.17, 15) is 9.59 Å². The fourth-order valence-corrected chi connectivity index (χ4v) is 1.93. The molecule has 1 atom stereocenters. The van der Waals surface area contributed by atoms with Crippen molar-refractivity contribution >= 4 is 11.9 Å². The number of hydrogen-bond donors (Lipinski definition) is 2. The van der Waals surface area contributed by atoms with E-state index in [1.165, 1.54) is 12.1 Å². The van der Waals surface area contributed by atoms with Crippen molar-refractivity contribution in [2.24, 2.45) is 5.92 Å². The van der Waals surface area contributed by atoms with E-state index in [1.807, 2.05) is 32.8 Å². The second kappa shape index (κ2) is 7.05. The van der Waals surface area contributed by atoms with Crippen LogP contribution in [0.2, 0.25) is 0 Å². The van der Waals surface area contributed by atoms with Crippen molar-refractivity contribution in [3.8, 4) is 0 Å². The highest BCUT2D eigenvalue weighted by Crippen LogP contribution is 2.11. The molecule has 1 aromatic carbocycles. The van der Waals surface area contributed by atoms with Gasteiger partial charge in [-0.3, -0.25) is 4.79 Å². The maximum Gasteiger partial charge on any atom is 0.336 e. The molecular formula is C15H22N2O3. The summed E-state index contributed by atoms with van der Waals surface area (Å²) in [6.07, 6.45) is 0. The Bertz CT molecular complexity index is 484. The number of nitrogens with one attached hydrogen (secondary N) is 1. The van der Waals surface area contributed by atoms with Crippen LogP contribution in [-0.4, -0.2) is 48.6 Å². The first-order valence-corrected chi connectivity index (χ1v) is 6.60. The normalized spacial score (nSPS) is 12.5. The van der Waals surface area contributed by atoms with Crippen LogP contribution in [0.15, 0.2) is 24.3 Å². The summed E-state index contributed by atoms with van der Waals surface area (Å²) >= 11 is 0. The molecule has 0 spiro atoms. The van der Waals surface area contributed by atoms with Gasteiger partial charge in [0.05, 0.1) is 11.1 Å². The van der Waals surface area contributed by atoms with E-state index in [-0.39, 0.29) is 29.0 Å². The third kappa shape index (κ3) is 4.35. The van der Waals surface area contributed by atoms with Crippen molar-refractivity contribution in [3.05, 3.63) is 35.4 Å². The molecular weight excluding hydrogens is 256 g/mol. The van der Waals surface area contributed by atoms with E-state index >= 15 is 0 Å². The molecule has 5 nitrogen and oxygen atoms in total. The first-order valence-electron chi connectivity index (χ1n) is 6.60. The van der Waals surface area contributed by atoms with E-state index < -0.39 is 5.97 Å². The van der Waals surface area contributed by atoms with Crippen LogP contribution in [0, 0.1) is 5.92 Å². The quantitative estimate of drug-likeness (QED) is 0.831. The van der Waals surface area contributed by atoms with Gasteiger partial charge in [-0.1, -0.05) is 26.0 Å². The third-order valence-corrected chi connectivity index (χ3v) is 3.09. The van der Waals surface area contributed by atoms with Gasteiger partial charge in [0.2, 0.25) is 0 Å². The number of likely N-dealkylation sites (N-methyl/N-ethyl adjacent to an activating group) is 1. The summed E-state index contributed by atoms with van der Waals surface area (Å²) in [4.78, 5) is 25.4. The molecule has 0 fully saturated rings. The Labute approximate surface area is 119 Å². The molecule has 0 saturated heterocycles. The van der Waals surface area contributed by atoms with Gasteiger partial charge in [-0.25, -0.2) is 4.79 Å². The average Bonchev–Trinajstić information content (AvgIpc) is 2.37. The summed E-state index contributed by atoms with van der Waals surface area (Å²) in [5, 5.41) is 12.0. The molecule has 5 heteroatoms. The van der Waals surface area contributed by atoms with Gasteiger partial charge in [-0.15, -0.1) is 0 Å². The van der Waals surface area contributed by atoms with Crippen LogP contribution in [0.5, 0.6) is 0 Å². The van der Waals surface area contributed by atoms with Gasteiger partial charge in [-0.05, 0) is 32.1 Å². The van der Waals surface area contributed by atoms with E-state index in [0.717, 1.165) is 0 Å². The topological polar surface area (TPSA) is 69.6 Å². The van der Waals surface area contributed by atoms with Gasteiger partial charge in [-0.2, -0.15) is 0 Å². The number of aromatic carboxylic acids is 1. The minimum Gasteiger partial charge on any atom is -0.478 e. The lowest BCUT2D eigenvalue weighted by atomic mass is 10.0. The fourth-order valence-electron chi connectivity index (χ4n) is 1.93. The van der Waals surface area contributed by atoms with Crippen molar-refractivity contribution in [2.75, 3.05) is 20.6 Å². The number of hydrogen-bond acceptors (Lipinski definition) is 3. The Kier molecular flexibility index (Phi) is 5.70. The molecule has 110 valence electrons. The van der Waals surface area contributed by atoms with Crippen molar-refractivity contribution in [2.45, 2.75) is 19.9 Å². The van der Waals surface area contributed by atoms with Gasteiger partial charge in [0, 0.05) is 12.6 Å². The molecule has 1 aromatic rings. The molecule has 0 aromatic heterocycles. The largest absolute Gasteiger partial charge is 0.478 e. The Balaban J connectivity index is 2.92. The number of carbonyl (C=O) groups excluding carboxylic acids is 1. The molecule has 0 heterocycles. The summed E-state index contributed by atoms with van der Waals surface area (Å²) in [6.45, 7) is 4.76. The summed E-state index contributed by atoms with van der Waals surface area (Å²) in [7, 11) is 3.87. The number of carboxylic acids is 1.